The molecule has 1 atom stereocenters. The Balaban J connectivity index is 2.08. The summed E-state index contributed by atoms with van der Waals surface area (Å²) in [5.41, 5.74) is 12.1. The molecule has 2 aromatic carbocycles. The number of hydrogen-bond donors (Lipinski definition) is 3. The molecule has 0 bridgehead atoms. The normalized spacial score (nSPS) is 11.9. The molecule has 2 aromatic rings. The number of aliphatic carboxylic acids is 1. The summed E-state index contributed by atoms with van der Waals surface area (Å²) in [4.78, 5) is 11.0. The first-order valence-corrected chi connectivity index (χ1v) is 14.0. The number of benzene rings is 2. The topological polar surface area (TPSA) is 108 Å². The Morgan fingerprint density at radius 2 is 1.45 bits per heavy atom. The van der Waals surface area contributed by atoms with E-state index in [0.29, 0.717) is 6.61 Å². The van der Waals surface area contributed by atoms with Crippen LogP contribution in [0.1, 0.15) is 31.2 Å². The fraction of sp³-hybridized carbons (Fsp3) is 0.381. The van der Waals surface area contributed by atoms with Crippen LogP contribution in [0, 0.1) is 14.3 Å². The van der Waals surface area contributed by atoms with Gasteiger partial charge in [0.05, 0.1) is 20.9 Å². The summed E-state index contributed by atoms with van der Waals surface area (Å²) in [6.07, 6.45) is 4.61. The van der Waals surface area contributed by atoms with Crippen molar-refractivity contribution in [2.24, 2.45) is 11.5 Å². The molecule has 0 aliphatic heterocycles. The van der Waals surface area contributed by atoms with Crippen LogP contribution in [0.3, 0.4) is 0 Å². The predicted molar refractivity (Wildman–Crippen MR) is 156 cm³/mol. The van der Waals surface area contributed by atoms with Gasteiger partial charge in [-0.15, -0.1) is 0 Å². The molecule has 2 rings (SSSR count). The van der Waals surface area contributed by atoms with Gasteiger partial charge in [-0.1, -0.05) is 12.8 Å². The molecule has 0 spiro atoms. The fourth-order valence-electron chi connectivity index (χ4n) is 2.79. The Hall–Kier alpha value is 0.350. The average Bonchev–Trinajstić information content (AvgIpc) is 2.69. The Bertz CT molecular complexity index is 865. The van der Waals surface area contributed by atoms with Crippen molar-refractivity contribution < 1.29 is 19.4 Å². The molecule has 0 aromatic heterocycles. The van der Waals surface area contributed by atoms with Gasteiger partial charge in [-0.2, -0.15) is 0 Å². The van der Waals surface area contributed by atoms with E-state index in [1.165, 1.54) is 0 Å². The van der Waals surface area contributed by atoms with E-state index in [1.807, 2.05) is 24.3 Å². The van der Waals surface area contributed by atoms with Crippen LogP contribution in [0.5, 0.6) is 17.2 Å². The number of halogens is 4. The first-order valence-electron chi connectivity index (χ1n) is 9.69. The zero-order chi connectivity index (χ0) is 23.0. The van der Waals surface area contributed by atoms with Crippen LogP contribution in [-0.4, -0.2) is 30.3 Å². The maximum atomic E-state index is 11.0. The van der Waals surface area contributed by atoms with E-state index >= 15 is 0 Å². The predicted octanol–water partition coefficient (Wildman–Crippen LogP) is 5.75. The third-order valence-corrected chi connectivity index (χ3v) is 7.57. The summed E-state index contributed by atoms with van der Waals surface area (Å²) in [5, 5.41) is 9.04. The van der Waals surface area contributed by atoms with Gasteiger partial charge in [-0.3, -0.25) is 4.79 Å². The lowest BCUT2D eigenvalue weighted by atomic mass is 10.1. The van der Waals surface area contributed by atoms with Crippen molar-refractivity contribution in [1.82, 2.24) is 0 Å². The molecule has 0 saturated heterocycles. The number of carbonyl (C=O) groups is 1. The van der Waals surface area contributed by atoms with Crippen LogP contribution in [0.4, 0.5) is 0 Å². The second-order valence-corrected chi connectivity index (χ2v) is 11.6. The van der Waals surface area contributed by atoms with E-state index < -0.39 is 12.0 Å². The van der Waals surface area contributed by atoms with Crippen LogP contribution in [0.2, 0.25) is 0 Å². The molecule has 0 amide bonds. The van der Waals surface area contributed by atoms with Gasteiger partial charge in [0.15, 0.2) is 5.75 Å². The Kier molecular flexibility index (Phi) is 12.4. The highest BCUT2D eigenvalue weighted by Crippen LogP contribution is 2.37. The smallest absolute Gasteiger partial charge is 0.320 e. The number of rotatable bonds is 12. The molecule has 0 saturated carbocycles. The summed E-state index contributed by atoms with van der Waals surface area (Å²) < 4.78 is 16.0. The summed E-state index contributed by atoms with van der Waals surface area (Å²) in [6.45, 7) is 1.43. The van der Waals surface area contributed by atoms with Gasteiger partial charge in [0.1, 0.15) is 17.5 Å². The molecule has 0 heterocycles. The fourth-order valence-corrected chi connectivity index (χ4v) is 6.93. The number of unbranched alkanes of at least 4 members (excludes halogenated alkanes) is 3. The molecular formula is C21H24I4N2O4. The molecule has 31 heavy (non-hydrogen) atoms. The highest BCUT2D eigenvalue weighted by atomic mass is 127. The van der Waals surface area contributed by atoms with Crippen molar-refractivity contribution in [3.63, 3.8) is 0 Å². The Morgan fingerprint density at radius 1 is 0.903 bits per heavy atom. The van der Waals surface area contributed by atoms with Crippen molar-refractivity contribution in [2.75, 3.05) is 13.2 Å². The van der Waals surface area contributed by atoms with Crippen LogP contribution >= 0.6 is 90.4 Å². The van der Waals surface area contributed by atoms with Gasteiger partial charge >= 0.3 is 5.97 Å². The largest absolute Gasteiger partial charge is 0.491 e. The van der Waals surface area contributed by atoms with Gasteiger partial charge < -0.3 is 26.0 Å². The maximum Gasteiger partial charge on any atom is 0.320 e. The van der Waals surface area contributed by atoms with Gasteiger partial charge in [-0.05, 0) is 146 Å². The SMILES string of the molecule is NCCCCCCOc1c(I)cc(Oc2c(I)cc(C[C@H](N)C(=O)O)cc2I)cc1I. The molecule has 170 valence electrons. The molecule has 0 fully saturated rings. The van der Waals surface area contributed by atoms with Crippen LogP contribution in [0.25, 0.3) is 0 Å². The van der Waals surface area contributed by atoms with Crippen molar-refractivity contribution in [1.29, 1.82) is 0 Å². The molecule has 5 N–H and O–H groups in total. The molecule has 0 unspecified atom stereocenters. The highest BCUT2D eigenvalue weighted by Gasteiger charge is 2.17. The van der Waals surface area contributed by atoms with Gasteiger partial charge in [-0.25, -0.2) is 0 Å². The second-order valence-electron chi connectivity index (χ2n) is 6.91. The van der Waals surface area contributed by atoms with Crippen molar-refractivity contribution in [3.8, 4) is 17.2 Å². The van der Waals surface area contributed by atoms with Gasteiger partial charge in [0.25, 0.3) is 0 Å². The van der Waals surface area contributed by atoms with Crippen LogP contribution < -0.4 is 20.9 Å². The molecule has 0 radical (unpaired) electrons. The molecule has 10 heteroatoms. The summed E-state index contributed by atoms with van der Waals surface area (Å²) in [6, 6.07) is 6.84. The quantitative estimate of drug-likeness (QED) is 0.186. The minimum atomic E-state index is -1.01. The molecular weight excluding hydrogens is 852 g/mol. The minimum absolute atomic E-state index is 0.273. The van der Waals surface area contributed by atoms with Crippen molar-refractivity contribution >= 4 is 96.3 Å². The Labute approximate surface area is 237 Å². The van der Waals surface area contributed by atoms with Gasteiger partial charge in [0, 0.05) is 0 Å². The third-order valence-electron chi connectivity index (χ3n) is 4.37. The molecule has 0 aliphatic carbocycles. The number of hydrogen-bond acceptors (Lipinski definition) is 5. The number of carboxylic acid groups (broad SMARTS) is 1. The lowest BCUT2D eigenvalue weighted by molar-refractivity contribution is -0.138. The average molecular weight is 876 g/mol. The molecule has 6 nitrogen and oxygen atoms in total. The monoisotopic (exact) mass is 876 g/mol. The standard InChI is InChI=1S/C21H24I4N2O4/c22-14-7-12(9-18(27)21(28)29)8-15(23)20(14)31-13-10-16(24)19(17(25)11-13)30-6-4-2-1-3-5-26/h7-8,10-11,18H,1-6,9,26-27H2,(H,28,29)/t18-/m0/s1. The number of ether oxygens (including phenoxy) is 2. The zero-order valence-electron chi connectivity index (χ0n) is 16.7. The number of carboxylic acids is 1. The summed E-state index contributed by atoms with van der Waals surface area (Å²) in [5.74, 6) is 1.35. The van der Waals surface area contributed by atoms with E-state index in [2.05, 4.69) is 90.4 Å². The summed E-state index contributed by atoms with van der Waals surface area (Å²) >= 11 is 8.95. The summed E-state index contributed by atoms with van der Waals surface area (Å²) in [7, 11) is 0. The zero-order valence-corrected chi connectivity index (χ0v) is 25.3. The molecule has 0 aliphatic rings. The third kappa shape index (κ3) is 8.90. The lowest BCUT2D eigenvalue weighted by Crippen LogP contribution is -2.32. The Morgan fingerprint density at radius 3 is 2.00 bits per heavy atom. The first kappa shape index (κ1) is 27.6. The van der Waals surface area contributed by atoms with Crippen molar-refractivity contribution in [2.45, 2.75) is 38.1 Å². The minimum Gasteiger partial charge on any atom is -0.491 e. The van der Waals surface area contributed by atoms with Crippen LogP contribution in [-0.2, 0) is 11.2 Å². The number of nitrogens with two attached hydrogens (primary N) is 2. The van der Waals surface area contributed by atoms with E-state index in [-0.39, 0.29) is 6.42 Å². The second kappa shape index (κ2) is 13.9. The van der Waals surface area contributed by atoms with E-state index in [1.54, 1.807) is 0 Å². The van der Waals surface area contributed by atoms with E-state index in [0.717, 1.165) is 69.3 Å². The van der Waals surface area contributed by atoms with Gasteiger partial charge in [0.2, 0.25) is 0 Å². The van der Waals surface area contributed by atoms with Crippen molar-refractivity contribution in [3.05, 3.63) is 44.1 Å². The van der Waals surface area contributed by atoms with Crippen LogP contribution in [0.15, 0.2) is 24.3 Å². The lowest BCUT2D eigenvalue weighted by Gasteiger charge is -2.16. The first-order chi connectivity index (χ1) is 14.7. The highest BCUT2D eigenvalue weighted by molar-refractivity contribution is 14.1. The van der Waals surface area contributed by atoms with E-state index in [9.17, 15) is 4.79 Å². The van der Waals surface area contributed by atoms with E-state index in [4.69, 9.17) is 26.0 Å². The maximum absolute atomic E-state index is 11.0.